The Morgan fingerprint density at radius 1 is 1.31 bits per heavy atom. The second-order valence-corrected chi connectivity index (χ2v) is 7.51. The third-order valence-corrected chi connectivity index (χ3v) is 5.14. The van der Waals surface area contributed by atoms with Crippen molar-refractivity contribution < 1.29 is 9.32 Å². The third-order valence-electron chi connectivity index (χ3n) is 5.14. The first-order valence-electron chi connectivity index (χ1n) is 9.20. The molecule has 6 heteroatoms. The van der Waals surface area contributed by atoms with Crippen LogP contribution in [0.3, 0.4) is 0 Å². The minimum absolute atomic E-state index is 0.0934. The van der Waals surface area contributed by atoms with E-state index in [0.717, 1.165) is 48.4 Å². The molecule has 3 rings (SSSR count). The minimum atomic E-state index is 0.0934. The van der Waals surface area contributed by atoms with Gasteiger partial charge in [0, 0.05) is 49.9 Å². The highest BCUT2D eigenvalue weighted by atomic mass is 16.5. The van der Waals surface area contributed by atoms with E-state index in [4.69, 9.17) is 10.3 Å². The summed E-state index contributed by atoms with van der Waals surface area (Å²) in [7, 11) is 3.95. The summed E-state index contributed by atoms with van der Waals surface area (Å²) in [6.45, 7) is 5.64. The van der Waals surface area contributed by atoms with Crippen molar-refractivity contribution in [2.75, 3.05) is 37.8 Å². The average molecular weight is 356 g/mol. The molecule has 1 amide bonds. The number of benzene rings is 1. The molecule has 1 aliphatic rings. The Labute approximate surface area is 154 Å². The van der Waals surface area contributed by atoms with E-state index in [-0.39, 0.29) is 11.8 Å². The van der Waals surface area contributed by atoms with Gasteiger partial charge in [-0.2, -0.15) is 0 Å². The summed E-state index contributed by atoms with van der Waals surface area (Å²) < 4.78 is 5.23. The van der Waals surface area contributed by atoms with Crippen molar-refractivity contribution in [1.82, 2.24) is 10.1 Å². The molecule has 1 fully saturated rings. The topological polar surface area (TPSA) is 75.6 Å². The first kappa shape index (κ1) is 18.3. The zero-order valence-corrected chi connectivity index (χ0v) is 16.0. The predicted molar refractivity (Wildman–Crippen MR) is 104 cm³/mol. The molecule has 0 saturated carbocycles. The van der Waals surface area contributed by atoms with Gasteiger partial charge in [-0.3, -0.25) is 4.79 Å². The average Bonchev–Trinajstić information content (AvgIpc) is 3.03. The quantitative estimate of drug-likeness (QED) is 0.908. The molecule has 1 aliphatic heterocycles. The summed E-state index contributed by atoms with van der Waals surface area (Å²) in [6.07, 6.45) is 1.76. The number of carbonyl (C=O) groups excluding carboxylic acids is 1. The van der Waals surface area contributed by atoms with Crippen LogP contribution in [0.1, 0.15) is 60.1 Å². The standard InChI is InChI=1S/C20H28N4O2/c1-13(2)17-18(22-26-19(17)21)14-8-10-24(11-9-14)20(25)15-6-5-7-16(12-15)23(3)4/h5-7,12-14H,8-11,21H2,1-4H3. The van der Waals surface area contributed by atoms with Crippen LogP contribution in [-0.4, -0.2) is 43.1 Å². The number of aromatic nitrogens is 1. The highest BCUT2D eigenvalue weighted by Crippen LogP contribution is 2.36. The second kappa shape index (κ2) is 7.40. The monoisotopic (exact) mass is 356 g/mol. The van der Waals surface area contributed by atoms with Crippen LogP contribution in [-0.2, 0) is 0 Å². The van der Waals surface area contributed by atoms with Crippen LogP contribution < -0.4 is 10.6 Å². The maximum Gasteiger partial charge on any atom is 0.253 e. The van der Waals surface area contributed by atoms with Gasteiger partial charge in [-0.05, 0) is 37.0 Å². The van der Waals surface area contributed by atoms with Gasteiger partial charge in [0.25, 0.3) is 5.91 Å². The molecule has 2 aromatic rings. The number of nitrogens with two attached hydrogens (primary N) is 1. The largest absolute Gasteiger partial charge is 0.378 e. The smallest absolute Gasteiger partial charge is 0.253 e. The van der Waals surface area contributed by atoms with Crippen LogP contribution in [0.25, 0.3) is 0 Å². The lowest BCUT2D eigenvalue weighted by Gasteiger charge is -2.32. The summed E-state index contributed by atoms with van der Waals surface area (Å²) in [6, 6.07) is 7.77. The molecular weight excluding hydrogens is 328 g/mol. The van der Waals surface area contributed by atoms with Crippen LogP contribution in [0, 0.1) is 0 Å². The Morgan fingerprint density at radius 2 is 2.00 bits per heavy atom. The molecule has 6 nitrogen and oxygen atoms in total. The number of nitrogen functional groups attached to an aromatic ring is 1. The van der Waals surface area contributed by atoms with Crippen LogP contribution in [0.2, 0.25) is 0 Å². The molecule has 0 aliphatic carbocycles. The molecule has 0 bridgehead atoms. The van der Waals surface area contributed by atoms with E-state index in [2.05, 4.69) is 19.0 Å². The Bertz CT molecular complexity index is 774. The van der Waals surface area contributed by atoms with Crippen molar-refractivity contribution in [3.63, 3.8) is 0 Å². The first-order valence-corrected chi connectivity index (χ1v) is 9.20. The van der Waals surface area contributed by atoms with Crippen molar-refractivity contribution >= 4 is 17.5 Å². The fraction of sp³-hybridized carbons (Fsp3) is 0.500. The molecule has 0 spiro atoms. The molecule has 26 heavy (non-hydrogen) atoms. The molecule has 140 valence electrons. The third kappa shape index (κ3) is 3.54. The maximum absolute atomic E-state index is 12.9. The Balaban J connectivity index is 1.69. The number of rotatable bonds is 4. The molecule has 2 heterocycles. The Morgan fingerprint density at radius 3 is 2.62 bits per heavy atom. The minimum Gasteiger partial charge on any atom is -0.378 e. The normalized spacial score (nSPS) is 15.5. The van der Waals surface area contributed by atoms with Gasteiger partial charge in [0.1, 0.15) is 0 Å². The van der Waals surface area contributed by atoms with Crippen molar-refractivity contribution in [1.29, 1.82) is 0 Å². The number of hydrogen-bond donors (Lipinski definition) is 1. The van der Waals surface area contributed by atoms with E-state index in [1.54, 1.807) is 0 Å². The molecule has 1 aromatic heterocycles. The van der Waals surface area contributed by atoms with Gasteiger partial charge in [-0.15, -0.1) is 0 Å². The van der Waals surface area contributed by atoms with Crippen molar-refractivity contribution in [3.8, 4) is 0 Å². The lowest BCUT2D eigenvalue weighted by molar-refractivity contribution is 0.0711. The van der Waals surface area contributed by atoms with Gasteiger partial charge in [0.2, 0.25) is 5.88 Å². The number of likely N-dealkylation sites (tertiary alicyclic amines) is 1. The van der Waals surface area contributed by atoms with Gasteiger partial charge in [0.05, 0.1) is 5.69 Å². The van der Waals surface area contributed by atoms with E-state index in [9.17, 15) is 4.79 Å². The van der Waals surface area contributed by atoms with Gasteiger partial charge in [-0.25, -0.2) is 0 Å². The van der Waals surface area contributed by atoms with Crippen molar-refractivity contribution in [2.24, 2.45) is 0 Å². The van der Waals surface area contributed by atoms with Crippen LogP contribution in [0.15, 0.2) is 28.8 Å². The van der Waals surface area contributed by atoms with E-state index < -0.39 is 0 Å². The fourth-order valence-electron chi connectivity index (χ4n) is 3.65. The lowest BCUT2D eigenvalue weighted by Crippen LogP contribution is -2.38. The lowest BCUT2D eigenvalue weighted by atomic mass is 9.88. The molecule has 0 radical (unpaired) electrons. The van der Waals surface area contributed by atoms with Crippen LogP contribution >= 0.6 is 0 Å². The van der Waals surface area contributed by atoms with E-state index in [1.807, 2.05) is 48.2 Å². The zero-order chi connectivity index (χ0) is 18.8. The maximum atomic E-state index is 12.9. The summed E-state index contributed by atoms with van der Waals surface area (Å²) in [5.74, 6) is 1.10. The van der Waals surface area contributed by atoms with E-state index in [1.165, 1.54) is 0 Å². The van der Waals surface area contributed by atoms with Crippen molar-refractivity contribution in [2.45, 2.75) is 38.5 Å². The number of carbonyl (C=O) groups is 1. The molecule has 1 aromatic carbocycles. The number of piperidine rings is 1. The molecule has 0 atom stereocenters. The summed E-state index contributed by atoms with van der Waals surface area (Å²) in [4.78, 5) is 16.8. The molecular formula is C20H28N4O2. The zero-order valence-electron chi connectivity index (χ0n) is 16.0. The van der Waals surface area contributed by atoms with Gasteiger partial charge in [-0.1, -0.05) is 25.1 Å². The number of anilines is 2. The van der Waals surface area contributed by atoms with Gasteiger partial charge in [0.15, 0.2) is 0 Å². The molecule has 0 unspecified atom stereocenters. The van der Waals surface area contributed by atoms with Crippen LogP contribution in [0.4, 0.5) is 11.6 Å². The van der Waals surface area contributed by atoms with E-state index in [0.29, 0.717) is 11.8 Å². The Kier molecular flexibility index (Phi) is 5.20. The molecule has 2 N–H and O–H groups in total. The summed E-state index contributed by atoms with van der Waals surface area (Å²) in [5.41, 5.74) is 9.71. The second-order valence-electron chi connectivity index (χ2n) is 7.51. The van der Waals surface area contributed by atoms with Gasteiger partial charge >= 0.3 is 0 Å². The SMILES string of the molecule is CC(C)c1c(C2CCN(C(=O)c3cccc(N(C)C)c3)CC2)noc1N. The highest BCUT2D eigenvalue weighted by molar-refractivity contribution is 5.95. The highest BCUT2D eigenvalue weighted by Gasteiger charge is 2.30. The number of hydrogen-bond acceptors (Lipinski definition) is 5. The van der Waals surface area contributed by atoms with Crippen LogP contribution in [0.5, 0.6) is 0 Å². The summed E-state index contributed by atoms with van der Waals surface area (Å²) >= 11 is 0. The van der Waals surface area contributed by atoms with E-state index >= 15 is 0 Å². The summed E-state index contributed by atoms with van der Waals surface area (Å²) in [5, 5.41) is 4.21. The van der Waals surface area contributed by atoms with Crippen molar-refractivity contribution in [3.05, 3.63) is 41.1 Å². The van der Waals surface area contributed by atoms with Gasteiger partial charge < -0.3 is 20.1 Å². The predicted octanol–water partition coefficient (Wildman–Crippen LogP) is 3.47. The first-order chi connectivity index (χ1) is 12.4. The Hall–Kier alpha value is -2.50. The molecule has 1 saturated heterocycles. The number of nitrogens with zero attached hydrogens (tertiary/aromatic N) is 3. The fourth-order valence-corrected chi connectivity index (χ4v) is 3.65. The number of amides is 1.